The van der Waals surface area contributed by atoms with Crippen molar-refractivity contribution in [2.24, 2.45) is 13.0 Å². The normalized spacial score (nSPS) is 12.9. The molecule has 0 saturated carbocycles. The van der Waals surface area contributed by atoms with E-state index < -0.39 is 17.6 Å². The maximum atomic E-state index is 12.7. The molecule has 1 heterocycles. The van der Waals surface area contributed by atoms with Gasteiger partial charge >= 0.3 is 6.18 Å². The molecule has 0 fully saturated rings. The highest BCUT2D eigenvalue weighted by Crippen LogP contribution is 2.32. The minimum absolute atomic E-state index is 0.185. The van der Waals surface area contributed by atoms with Gasteiger partial charge in [0.1, 0.15) is 5.69 Å². The molecule has 2 rings (SSSR count). The highest BCUT2D eigenvalue weighted by atomic mass is 19.4. The van der Waals surface area contributed by atoms with E-state index in [2.05, 4.69) is 5.32 Å². The zero-order valence-electron chi connectivity index (χ0n) is 12.0. The summed E-state index contributed by atoms with van der Waals surface area (Å²) in [6, 6.07) is 6.75. The van der Waals surface area contributed by atoms with Gasteiger partial charge in [0.15, 0.2) is 0 Å². The van der Waals surface area contributed by atoms with Crippen LogP contribution in [0.1, 0.15) is 23.0 Å². The molecule has 7 heteroatoms. The van der Waals surface area contributed by atoms with E-state index in [0.717, 1.165) is 12.1 Å². The summed E-state index contributed by atoms with van der Waals surface area (Å²) in [4.78, 5) is 12.1. The van der Waals surface area contributed by atoms with E-state index in [4.69, 9.17) is 5.26 Å². The summed E-state index contributed by atoms with van der Waals surface area (Å²) in [5.41, 5.74) is 0.0293. The Balaban J connectivity index is 2.34. The van der Waals surface area contributed by atoms with Gasteiger partial charge in [-0.25, -0.2) is 0 Å². The third kappa shape index (κ3) is 3.06. The second kappa shape index (κ2) is 5.72. The van der Waals surface area contributed by atoms with Crippen LogP contribution < -0.4 is 5.32 Å². The molecule has 0 unspecified atom stereocenters. The number of aromatic nitrogens is 1. The van der Waals surface area contributed by atoms with Gasteiger partial charge in [-0.2, -0.15) is 18.4 Å². The van der Waals surface area contributed by atoms with Gasteiger partial charge in [0, 0.05) is 24.5 Å². The molecule has 0 radical (unpaired) electrons. The van der Waals surface area contributed by atoms with Crippen molar-refractivity contribution in [1.29, 1.82) is 5.26 Å². The Labute approximate surface area is 125 Å². The second-order valence-corrected chi connectivity index (χ2v) is 5.10. The first kappa shape index (κ1) is 15.9. The average Bonchev–Trinajstić information content (AvgIpc) is 2.80. The van der Waals surface area contributed by atoms with Crippen molar-refractivity contribution in [2.45, 2.75) is 13.1 Å². The number of amides is 1. The van der Waals surface area contributed by atoms with Crippen molar-refractivity contribution < 1.29 is 18.0 Å². The second-order valence-electron chi connectivity index (χ2n) is 5.10. The van der Waals surface area contributed by atoms with Gasteiger partial charge in [0.2, 0.25) is 0 Å². The highest BCUT2D eigenvalue weighted by molar-refractivity contribution is 5.98. The van der Waals surface area contributed by atoms with Crippen molar-refractivity contribution >= 4 is 16.8 Å². The van der Waals surface area contributed by atoms with Crippen LogP contribution in [-0.4, -0.2) is 17.0 Å². The first-order chi connectivity index (χ1) is 10.2. The lowest BCUT2D eigenvalue weighted by atomic mass is 10.1. The van der Waals surface area contributed by atoms with Gasteiger partial charge in [-0.15, -0.1) is 0 Å². The van der Waals surface area contributed by atoms with Crippen LogP contribution in [-0.2, 0) is 13.2 Å². The maximum absolute atomic E-state index is 12.7. The zero-order chi connectivity index (χ0) is 16.5. The Kier molecular flexibility index (Phi) is 4.13. The van der Waals surface area contributed by atoms with Crippen LogP contribution in [0.2, 0.25) is 0 Å². The first-order valence-corrected chi connectivity index (χ1v) is 6.58. The molecule has 1 aromatic carbocycles. The predicted octanol–water partition coefficient (Wildman–Crippen LogP) is 3.09. The molecular formula is C15H14F3N3O. The van der Waals surface area contributed by atoms with Gasteiger partial charge < -0.3 is 9.88 Å². The number of rotatable bonds is 3. The fourth-order valence-corrected chi connectivity index (χ4v) is 2.13. The number of alkyl halides is 3. The van der Waals surface area contributed by atoms with E-state index in [1.807, 2.05) is 6.07 Å². The number of hydrogen-bond donors (Lipinski definition) is 1. The first-order valence-electron chi connectivity index (χ1n) is 6.58. The summed E-state index contributed by atoms with van der Waals surface area (Å²) in [6.45, 7) is 1.85. The molecule has 0 aliphatic carbocycles. The van der Waals surface area contributed by atoms with Gasteiger partial charge in [0.05, 0.1) is 17.6 Å². The van der Waals surface area contributed by atoms with Crippen molar-refractivity contribution in [3.05, 3.63) is 35.5 Å². The van der Waals surface area contributed by atoms with Crippen LogP contribution in [0.3, 0.4) is 0 Å². The summed E-state index contributed by atoms with van der Waals surface area (Å²) in [7, 11) is 1.61. The van der Waals surface area contributed by atoms with Gasteiger partial charge in [-0.1, -0.05) is 0 Å². The van der Waals surface area contributed by atoms with Crippen molar-refractivity contribution in [3.8, 4) is 6.07 Å². The lowest BCUT2D eigenvalue weighted by molar-refractivity contribution is -0.137. The summed E-state index contributed by atoms with van der Waals surface area (Å²) in [5, 5.41) is 11.6. The number of hydrogen-bond acceptors (Lipinski definition) is 2. The van der Waals surface area contributed by atoms with E-state index in [1.54, 1.807) is 14.0 Å². The number of fused-ring (bicyclic) bond motifs is 1. The number of carbonyl (C=O) groups excluding carboxylic acids is 1. The Morgan fingerprint density at radius 3 is 2.68 bits per heavy atom. The Hall–Kier alpha value is -2.49. The molecule has 0 saturated heterocycles. The predicted molar refractivity (Wildman–Crippen MR) is 75.0 cm³/mol. The third-order valence-electron chi connectivity index (χ3n) is 3.39. The van der Waals surface area contributed by atoms with E-state index in [0.29, 0.717) is 10.9 Å². The molecule has 22 heavy (non-hydrogen) atoms. The minimum Gasteiger partial charge on any atom is -0.349 e. The monoisotopic (exact) mass is 309 g/mol. The van der Waals surface area contributed by atoms with E-state index in [9.17, 15) is 18.0 Å². The molecule has 1 N–H and O–H groups in total. The van der Waals surface area contributed by atoms with Gasteiger partial charge in [-0.05, 0) is 31.2 Å². The highest BCUT2D eigenvalue weighted by Gasteiger charge is 2.30. The van der Waals surface area contributed by atoms with E-state index >= 15 is 0 Å². The SMILES string of the molecule is C[C@H](C#N)CNC(=O)c1cc2cc(C(F)(F)F)ccc2n1C. The number of carbonyl (C=O) groups is 1. The number of aryl methyl sites for hydroxylation is 1. The summed E-state index contributed by atoms with van der Waals surface area (Å²) < 4.78 is 39.7. The molecule has 1 atom stereocenters. The molecule has 0 aliphatic heterocycles. The standard InChI is InChI=1S/C15H14F3N3O/c1-9(7-19)8-20-14(22)13-6-10-5-11(15(16,17)18)3-4-12(10)21(13)2/h3-6,9H,8H2,1-2H3,(H,20,22)/t9-/m1/s1. The van der Waals surface area contributed by atoms with Crippen molar-refractivity contribution in [2.75, 3.05) is 6.54 Å². The molecular weight excluding hydrogens is 295 g/mol. The summed E-state index contributed by atoms with van der Waals surface area (Å²) in [5.74, 6) is -0.759. The number of nitriles is 1. The Morgan fingerprint density at radius 2 is 2.09 bits per heavy atom. The number of nitrogens with one attached hydrogen (secondary N) is 1. The molecule has 0 aliphatic rings. The smallest absolute Gasteiger partial charge is 0.349 e. The van der Waals surface area contributed by atoms with Crippen molar-refractivity contribution in [1.82, 2.24) is 9.88 Å². The van der Waals surface area contributed by atoms with Crippen LogP contribution in [0.4, 0.5) is 13.2 Å². The van der Waals surface area contributed by atoms with Gasteiger partial charge in [0.25, 0.3) is 5.91 Å². The maximum Gasteiger partial charge on any atom is 0.416 e. The fraction of sp³-hybridized carbons (Fsp3) is 0.333. The summed E-state index contributed by atoms with van der Waals surface area (Å²) in [6.07, 6.45) is -4.42. The van der Waals surface area contributed by atoms with E-state index in [1.165, 1.54) is 16.7 Å². The van der Waals surface area contributed by atoms with E-state index in [-0.39, 0.29) is 18.2 Å². The number of nitrogens with zero attached hydrogens (tertiary/aromatic N) is 2. The van der Waals surface area contributed by atoms with Gasteiger partial charge in [-0.3, -0.25) is 4.79 Å². The summed E-state index contributed by atoms with van der Waals surface area (Å²) >= 11 is 0. The van der Waals surface area contributed by atoms with Crippen LogP contribution >= 0.6 is 0 Å². The van der Waals surface area contributed by atoms with Crippen LogP contribution in [0, 0.1) is 17.2 Å². The zero-order valence-corrected chi connectivity index (χ0v) is 12.0. The Morgan fingerprint density at radius 1 is 1.41 bits per heavy atom. The lowest BCUT2D eigenvalue weighted by Crippen LogP contribution is -2.29. The molecule has 0 spiro atoms. The van der Waals surface area contributed by atoms with Crippen LogP contribution in [0.15, 0.2) is 24.3 Å². The topological polar surface area (TPSA) is 57.8 Å². The van der Waals surface area contributed by atoms with Crippen LogP contribution in [0.5, 0.6) is 0 Å². The lowest BCUT2D eigenvalue weighted by Gasteiger charge is -2.08. The number of benzene rings is 1. The minimum atomic E-state index is -4.42. The molecule has 1 aromatic heterocycles. The average molecular weight is 309 g/mol. The fourth-order valence-electron chi connectivity index (χ4n) is 2.13. The van der Waals surface area contributed by atoms with Crippen molar-refractivity contribution in [3.63, 3.8) is 0 Å². The quantitative estimate of drug-likeness (QED) is 0.947. The molecule has 0 bridgehead atoms. The molecule has 4 nitrogen and oxygen atoms in total. The van der Waals surface area contributed by atoms with Crippen LogP contribution in [0.25, 0.3) is 10.9 Å². The third-order valence-corrected chi connectivity index (χ3v) is 3.39. The largest absolute Gasteiger partial charge is 0.416 e. The Bertz CT molecular complexity index is 756. The number of halogens is 3. The molecule has 1 amide bonds. The molecule has 2 aromatic rings. The molecule has 116 valence electrons.